The molecule has 12 nitrogen and oxygen atoms in total. The Morgan fingerprint density at radius 1 is 1.23 bits per heavy atom. The monoisotopic (exact) mass is 544 g/mol. The number of phenolic OH excluding ortho intramolecular Hbond substituents is 1. The van der Waals surface area contributed by atoms with Gasteiger partial charge in [0.05, 0.1) is 17.4 Å². The number of primary amides is 1. The van der Waals surface area contributed by atoms with Crippen LogP contribution in [0, 0.1) is 17.8 Å². The smallest absolute Gasteiger partial charge is 0.230 e. The Morgan fingerprint density at radius 3 is 2.41 bits per heavy atom. The average Bonchev–Trinajstić information content (AvgIpc) is 2.84. The highest BCUT2D eigenvalue weighted by molar-refractivity contribution is 6.18. The Bertz CT molecular complexity index is 1300. The van der Waals surface area contributed by atoms with E-state index in [1.54, 1.807) is 57.9 Å². The lowest BCUT2D eigenvalue weighted by atomic mass is 9.56. The van der Waals surface area contributed by atoms with E-state index in [1.807, 2.05) is 0 Å². The number of fused-ring (bicyclic) bond motifs is 3. The lowest BCUT2D eigenvalue weighted by molar-refractivity contribution is -0.178. The van der Waals surface area contributed by atoms with Gasteiger partial charge in [-0.25, -0.2) is 0 Å². The van der Waals surface area contributed by atoms with Crippen LogP contribution in [0.5, 0.6) is 5.75 Å². The van der Waals surface area contributed by atoms with Crippen molar-refractivity contribution in [3.8, 4) is 5.75 Å². The quantitative estimate of drug-likeness (QED) is 0.187. The molecular formula is C27H36N4O8. The van der Waals surface area contributed by atoms with E-state index in [-0.39, 0.29) is 35.3 Å². The number of allylic oxidation sites excluding steroid dienone is 1. The summed E-state index contributed by atoms with van der Waals surface area (Å²) in [5, 5.41) is 49.5. The predicted octanol–water partition coefficient (Wildman–Crippen LogP) is 0.112. The molecule has 1 saturated carbocycles. The number of ketones is 2. The summed E-state index contributed by atoms with van der Waals surface area (Å²) in [7, 11) is 6.83. The summed E-state index contributed by atoms with van der Waals surface area (Å²) in [6.07, 6.45) is -1.26. The molecule has 0 bridgehead atoms. The summed E-state index contributed by atoms with van der Waals surface area (Å²) < 4.78 is 0. The normalized spacial score (nSPS) is 30.6. The van der Waals surface area contributed by atoms with E-state index in [1.165, 1.54) is 0 Å². The first-order chi connectivity index (χ1) is 18.2. The molecule has 0 heterocycles. The second-order valence-corrected chi connectivity index (χ2v) is 10.9. The maximum Gasteiger partial charge on any atom is 0.230 e. The summed E-state index contributed by atoms with van der Waals surface area (Å²) in [5.41, 5.74) is 4.30. The fourth-order valence-corrected chi connectivity index (χ4v) is 6.54. The number of hydrogen-bond acceptors (Lipinski definition) is 11. The van der Waals surface area contributed by atoms with Gasteiger partial charge in [0.2, 0.25) is 5.91 Å². The number of rotatable bonds is 6. The predicted molar refractivity (Wildman–Crippen MR) is 142 cm³/mol. The number of nitrogens with two attached hydrogens (primary N) is 1. The Morgan fingerprint density at radius 2 is 1.87 bits per heavy atom. The molecule has 6 N–H and O–H groups in total. The molecular weight excluding hydrogens is 508 g/mol. The van der Waals surface area contributed by atoms with Crippen LogP contribution in [0.3, 0.4) is 0 Å². The third kappa shape index (κ3) is 4.09. The number of nitrogens with zero attached hydrogens (tertiary/aromatic N) is 3. The summed E-state index contributed by atoms with van der Waals surface area (Å²) in [6, 6.07) is 0.785. The number of Topliss-reactive ketones (excluding diaryl/α,β-unsaturated/α-hetero) is 2. The molecule has 0 aliphatic heterocycles. The fraction of sp³-hybridized carbons (Fsp3) is 0.556. The van der Waals surface area contributed by atoms with Gasteiger partial charge in [0, 0.05) is 42.9 Å². The number of oxime groups is 1. The maximum atomic E-state index is 14.0. The largest absolute Gasteiger partial charge is 0.508 e. The Balaban J connectivity index is 1.97. The van der Waals surface area contributed by atoms with Crippen molar-refractivity contribution in [2.24, 2.45) is 28.6 Å². The zero-order valence-electron chi connectivity index (χ0n) is 22.9. The number of hydrogen-bond donors (Lipinski definition) is 5. The van der Waals surface area contributed by atoms with E-state index >= 15 is 0 Å². The molecule has 0 saturated heterocycles. The first kappa shape index (κ1) is 28.5. The van der Waals surface area contributed by atoms with Crippen LogP contribution in [-0.4, -0.2) is 101 Å². The van der Waals surface area contributed by atoms with Crippen LogP contribution in [0.1, 0.15) is 41.8 Å². The first-order valence-corrected chi connectivity index (χ1v) is 12.8. The standard InChI is InChI=1S/C27H36N4O8/c1-7-39-29-11(2)13-10-16(30(3)4)14-8-12-9-15-20(31(5)6)23(34)19(26(28)37)25(36)27(15,38)24(35)17(12)22(33)18(14)21(13)32/h10,12,15,19-20,23,32,34-35,38H,7-9H2,1-6H3,(H2,28,37)/b29-11+/t12-,15-,19?,20-,23?,27-/m0/s1. The molecule has 4 rings (SSSR count). The molecule has 3 aliphatic rings. The lowest BCUT2D eigenvalue weighted by Crippen LogP contribution is -2.71. The SMILES string of the molecule is CCO/N=C(\C)c1cc(N(C)C)c2c(c1O)C(=O)C1=C(O)[C@]3(O)C(=O)C(C(N)=O)C(O)[C@@H](N(C)C)[C@@H]3C[C@@H]1C2. The summed E-state index contributed by atoms with van der Waals surface area (Å²) >= 11 is 0. The first-order valence-electron chi connectivity index (χ1n) is 12.8. The number of benzene rings is 1. The second-order valence-electron chi connectivity index (χ2n) is 10.9. The van der Waals surface area contributed by atoms with Crippen molar-refractivity contribution < 1.29 is 39.6 Å². The number of likely N-dealkylation sites (N-methyl/N-ethyl adjacent to an activating group) is 1. The van der Waals surface area contributed by atoms with E-state index in [2.05, 4.69) is 5.16 Å². The van der Waals surface area contributed by atoms with Crippen LogP contribution < -0.4 is 10.6 Å². The van der Waals surface area contributed by atoms with E-state index < -0.39 is 58.7 Å². The molecule has 1 amide bonds. The third-order valence-corrected chi connectivity index (χ3v) is 8.27. The molecule has 0 radical (unpaired) electrons. The lowest BCUT2D eigenvalue weighted by Gasteiger charge is -2.53. The van der Waals surface area contributed by atoms with Gasteiger partial charge in [-0.05, 0) is 58.3 Å². The summed E-state index contributed by atoms with van der Waals surface area (Å²) in [6.45, 7) is 3.67. The Hall–Kier alpha value is -3.48. The van der Waals surface area contributed by atoms with E-state index in [9.17, 15) is 34.8 Å². The van der Waals surface area contributed by atoms with E-state index in [4.69, 9.17) is 10.6 Å². The van der Waals surface area contributed by atoms with Crippen molar-refractivity contribution in [2.45, 2.75) is 44.4 Å². The molecule has 0 spiro atoms. The molecule has 1 aromatic carbocycles. The highest BCUT2D eigenvalue weighted by atomic mass is 16.6. The third-order valence-electron chi connectivity index (χ3n) is 8.27. The van der Waals surface area contributed by atoms with Gasteiger partial charge in [-0.2, -0.15) is 0 Å². The molecule has 1 aromatic rings. The summed E-state index contributed by atoms with van der Waals surface area (Å²) in [4.78, 5) is 48.2. The van der Waals surface area contributed by atoms with Crippen molar-refractivity contribution in [3.05, 3.63) is 34.1 Å². The van der Waals surface area contributed by atoms with Crippen LogP contribution in [0.15, 0.2) is 22.6 Å². The number of carbonyl (C=O) groups is 3. The maximum absolute atomic E-state index is 14.0. The van der Waals surface area contributed by atoms with Gasteiger partial charge in [-0.3, -0.25) is 14.4 Å². The number of carbonyl (C=O) groups excluding carboxylic acids is 3. The fourth-order valence-electron chi connectivity index (χ4n) is 6.54. The molecule has 212 valence electrons. The molecule has 39 heavy (non-hydrogen) atoms. The Labute approximate surface area is 226 Å². The number of aromatic hydroxyl groups is 1. The highest BCUT2D eigenvalue weighted by Gasteiger charge is 2.66. The van der Waals surface area contributed by atoms with E-state index in [0.717, 1.165) is 0 Å². The number of amides is 1. The van der Waals surface area contributed by atoms with Crippen LogP contribution in [0.4, 0.5) is 5.69 Å². The number of phenols is 1. The number of aliphatic hydroxyl groups excluding tert-OH is 2. The molecule has 12 heteroatoms. The zero-order valence-corrected chi connectivity index (χ0v) is 22.9. The number of anilines is 1. The van der Waals surface area contributed by atoms with Gasteiger partial charge in [0.1, 0.15) is 24.0 Å². The highest BCUT2D eigenvalue weighted by Crippen LogP contribution is 2.53. The summed E-state index contributed by atoms with van der Waals surface area (Å²) in [5.74, 6) is -7.73. The second kappa shape index (κ2) is 9.92. The minimum Gasteiger partial charge on any atom is -0.508 e. The minimum absolute atomic E-state index is 0.0540. The van der Waals surface area contributed by atoms with Crippen molar-refractivity contribution in [2.75, 3.05) is 39.7 Å². The topological polar surface area (TPSA) is 186 Å². The molecule has 0 aromatic heterocycles. The van der Waals surface area contributed by atoms with Crippen LogP contribution in [0.2, 0.25) is 0 Å². The number of aliphatic hydroxyl groups is 3. The molecule has 6 atom stereocenters. The van der Waals surface area contributed by atoms with Crippen LogP contribution >= 0.6 is 0 Å². The minimum atomic E-state index is -2.63. The van der Waals surface area contributed by atoms with Gasteiger partial charge in [0.15, 0.2) is 17.2 Å². The van der Waals surface area contributed by atoms with Crippen LogP contribution in [0.25, 0.3) is 0 Å². The van der Waals surface area contributed by atoms with Gasteiger partial charge in [-0.15, -0.1) is 0 Å². The van der Waals surface area contributed by atoms with Crippen molar-refractivity contribution in [1.82, 2.24) is 4.90 Å². The van der Waals surface area contributed by atoms with E-state index in [0.29, 0.717) is 23.6 Å². The van der Waals surface area contributed by atoms with Gasteiger partial charge in [0.25, 0.3) is 0 Å². The van der Waals surface area contributed by atoms with Crippen molar-refractivity contribution in [1.29, 1.82) is 0 Å². The van der Waals surface area contributed by atoms with Crippen molar-refractivity contribution in [3.63, 3.8) is 0 Å². The molecule has 1 fully saturated rings. The molecule has 2 unspecified atom stereocenters. The average molecular weight is 545 g/mol. The van der Waals surface area contributed by atoms with Crippen molar-refractivity contribution >= 4 is 28.9 Å². The van der Waals surface area contributed by atoms with Crippen LogP contribution in [-0.2, 0) is 20.8 Å². The zero-order chi connectivity index (χ0) is 29.1. The van der Waals surface area contributed by atoms with Gasteiger partial charge in [-0.1, -0.05) is 5.16 Å². The Kier molecular flexibility index (Phi) is 7.26. The van der Waals surface area contributed by atoms with Gasteiger partial charge >= 0.3 is 0 Å². The molecule has 3 aliphatic carbocycles. The van der Waals surface area contributed by atoms with Gasteiger partial charge < -0.3 is 40.8 Å².